The van der Waals surface area contributed by atoms with Crippen LogP contribution in [0.1, 0.15) is 30.0 Å². The van der Waals surface area contributed by atoms with Crippen LogP contribution in [0.15, 0.2) is 59.1 Å². The Hall–Kier alpha value is -2.12. The number of pyridine rings is 1. The molecule has 1 fully saturated rings. The van der Waals surface area contributed by atoms with Crippen molar-refractivity contribution in [3.63, 3.8) is 0 Å². The van der Waals surface area contributed by atoms with Gasteiger partial charge in [0.05, 0.1) is 21.8 Å². The van der Waals surface area contributed by atoms with Crippen LogP contribution in [0.25, 0.3) is 11.3 Å². The first-order chi connectivity index (χ1) is 14.9. The van der Waals surface area contributed by atoms with Crippen molar-refractivity contribution in [2.24, 2.45) is 0 Å². The highest BCUT2D eigenvalue weighted by Gasteiger charge is 2.41. The van der Waals surface area contributed by atoms with Gasteiger partial charge in [0.1, 0.15) is 17.6 Å². The smallest absolute Gasteiger partial charge is 0.170 e. The average molecular weight is 475 g/mol. The zero-order valence-electron chi connectivity index (χ0n) is 17.4. The number of thiocarbonyl (C=S) groups is 1. The Morgan fingerprint density at radius 1 is 1.13 bits per heavy atom. The summed E-state index contributed by atoms with van der Waals surface area (Å²) in [5, 5.41) is 5.19. The second kappa shape index (κ2) is 9.57. The fraction of sp³-hybridized carbons (Fsp3) is 0.304. The summed E-state index contributed by atoms with van der Waals surface area (Å²) >= 11 is 18.0. The van der Waals surface area contributed by atoms with Crippen LogP contribution in [0, 0.1) is 0 Å². The number of benzene rings is 1. The maximum absolute atomic E-state index is 6.33. The normalized spacial score (nSPS) is 18.6. The summed E-state index contributed by atoms with van der Waals surface area (Å²) in [6, 6.07) is 15.2. The van der Waals surface area contributed by atoms with Gasteiger partial charge in [-0.25, -0.2) is 0 Å². The Balaban J connectivity index is 1.67. The van der Waals surface area contributed by atoms with Gasteiger partial charge in [0.15, 0.2) is 5.11 Å². The highest BCUT2D eigenvalue weighted by atomic mass is 35.5. The first-order valence-corrected chi connectivity index (χ1v) is 11.3. The predicted molar refractivity (Wildman–Crippen MR) is 129 cm³/mol. The lowest BCUT2D eigenvalue weighted by Crippen LogP contribution is -2.32. The molecule has 1 aliphatic heterocycles. The molecule has 1 aromatic carbocycles. The van der Waals surface area contributed by atoms with Gasteiger partial charge in [0.2, 0.25) is 0 Å². The second-order valence-corrected chi connectivity index (χ2v) is 9.01. The molecular weight excluding hydrogens is 451 g/mol. The fourth-order valence-electron chi connectivity index (χ4n) is 3.83. The molecule has 2 aromatic heterocycles. The molecule has 5 nitrogen and oxygen atoms in total. The number of nitrogens with zero attached hydrogens (tertiary/aromatic N) is 3. The molecule has 1 aliphatic rings. The van der Waals surface area contributed by atoms with Crippen molar-refractivity contribution in [2.45, 2.75) is 18.5 Å². The molecule has 0 bridgehead atoms. The molecule has 0 amide bonds. The summed E-state index contributed by atoms with van der Waals surface area (Å²) in [5.41, 5.74) is 1.81. The molecule has 0 spiro atoms. The number of halogens is 2. The third kappa shape index (κ3) is 4.88. The molecular formula is C23H24Cl2N4OS. The largest absolute Gasteiger partial charge is 0.459 e. The molecule has 0 saturated carbocycles. The van der Waals surface area contributed by atoms with Gasteiger partial charge in [-0.05, 0) is 81.7 Å². The van der Waals surface area contributed by atoms with Crippen LogP contribution >= 0.6 is 35.4 Å². The van der Waals surface area contributed by atoms with Crippen molar-refractivity contribution in [3.8, 4) is 11.3 Å². The third-order valence-electron chi connectivity index (χ3n) is 5.32. The predicted octanol–water partition coefficient (Wildman–Crippen LogP) is 5.57. The van der Waals surface area contributed by atoms with Gasteiger partial charge in [-0.2, -0.15) is 0 Å². The molecule has 1 saturated heterocycles. The van der Waals surface area contributed by atoms with E-state index >= 15 is 0 Å². The standard InChI is InChI=1S/C23H24Cl2N4OS/c1-28(2)12-5-13-29-22(21(27-23(29)31)18-6-3-4-11-26-18)20-10-9-19(30-20)15-7-8-16(24)17(25)14-15/h3-4,6-11,14,21-22H,5,12-13H2,1-2H3,(H,27,31)/t21-,22+/m0/s1. The highest BCUT2D eigenvalue weighted by molar-refractivity contribution is 7.80. The summed E-state index contributed by atoms with van der Waals surface area (Å²) in [4.78, 5) is 8.95. The number of hydrogen-bond acceptors (Lipinski definition) is 4. The molecule has 162 valence electrons. The van der Waals surface area contributed by atoms with Crippen molar-refractivity contribution in [3.05, 3.63) is 76.2 Å². The number of furan rings is 1. The maximum Gasteiger partial charge on any atom is 0.170 e. The van der Waals surface area contributed by atoms with E-state index in [-0.39, 0.29) is 12.1 Å². The SMILES string of the molecule is CN(C)CCCN1C(=S)N[C@@H](c2ccccn2)[C@H]1c1ccc(-c2ccc(Cl)c(Cl)c2)o1. The van der Waals surface area contributed by atoms with Crippen LogP contribution < -0.4 is 5.32 Å². The Bertz CT molecular complexity index is 1060. The summed E-state index contributed by atoms with van der Waals surface area (Å²) < 4.78 is 6.33. The van der Waals surface area contributed by atoms with Gasteiger partial charge in [-0.15, -0.1) is 0 Å². The molecule has 0 radical (unpaired) electrons. The van der Waals surface area contributed by atoms with Crippen LogP contribution in [0.5, 0.6) is 0 Å². The lowest BCUT2D eigenvalue weighted by Gasteiger charge is -2.26. The Morgan fingerprint density at radius 3 is 2.68 bits per heavy atom. The number of nitrogens with one attached hydrogen (secondary N) is 1. The molecule has 8 heteroatoms. The van der Waals surface area contributed by atoms with E-state index in [9.17, 15) is 0 Å². The van der Waals surface area contributed by atoms with Gasteiger partial charge < -0.3 is 19.5 Å². The quantitative estimate of drug-likeness (QED) is 0.451. The summed E-state index contributed by atoms with van der Waals surface area (Å²) in [6.45, 7) is 1.80. The van der Waals surface area contributed by atoms with E-state index in [4.69, 9.17) is 39.8 Å². The summed E-state index contributed by atoms with van der Waals surface area (Å²) in [5.74, 6) is 1.56. The van der Waals surface area contributed by atoms with Crippen molar-refractivity contribution in [2.75, 3.05) is 27.2 Å². The van der Waals surface area contributed by atoms with Gasteiger partial charge in [0, 0.05) is 18.3 Å². The number of hydrogen-bond donors (Lipinski definition) is 1. The van der Waals surface area contributed by atoms with E-state index in [1.165, 1.54) is 0 Å². The van der Waals surface area contributed by atoms with Gasteiger partial charge in [-0.1, -0.05) is 29.3 Å². The first kappa shape index (κ1) is 22.1. The zero-order valence-corrected chi connectivity index (χ0v) is 19.7. The van der Waals surface area contributed by atoms with Crippen LogP contribution in [0.3, 0.4) is 0 Å². The van der Waals surface area contributed by atoms with Gasteiger partial charge in [0.25, 0.3) is 0 Å². The Kier molecular flexibility index (Phi) is 6.82. The molecule has 2 atom stereocenters. The monoisotopic (exact) mass is 474 g/mol. The molecule has 0 aliphatic carbocycles. The molecule has 4 rings (SSSR count). The maximum atomic E-state index is 6.33. The van der Waals surface area contributed by atoms with Crippen LogP contribution in [-0.2, 0) is 0 Å². The third-order valence-corrected chi connectivity index (χ3v) is 6.42. The zero-order chi connectivity index (χ0) is 22.0. The van der Waals surface area contributed by atoms with Crippen LogP contribution in [0.4, 0.5) is 0 Å². The van der Waals surface area contributed by atoms with Crippen molar-refractivity contribution < 1.29 is 4.42 Å². The van der Waals surface area contributed by atoms with E-state index < -0.39 is 0 Å². The fourth-order valence-corrected chi connectivity index (χ4v) is 4.46. The molecule has 31 heavy (non-hydrogen) atoms. The van der Waals surface area contributed by atoms with E-state index in [1.54, 1.807) is 12.3 Å². The van der Waals surface area contributed by atoms with Crippen molar-refractivity contribution >= 4 is 40.5 Å². The molecule has 1 N–H and O–H groups in total. The molecule has 3 heterocycles. The first-order valence-electron chi connectivity index (χ1n) is 10.1. The summed E-state index contributed by atoms with van der Waals surface area (Å²) in [7, 11) is 4.15. The highest BCUT2D eigenvalue weighted by Crippen LogP contribution is 2.40. The average Bonchev–Trinajstić information content (AvgIpc) is 3.35. The van der Waals surface area contributed by atoms with E-state index in [1.807, 2.05) is 42.5 Å². The topological polar surface area (TPSA) is 44.5 Å². The van der Waals surface area contributed by atoms with Crippen LogP contribution in [0.2, 0.25) is 10.0 Å². The molecule has 3 aromatic rings. The van der Waals surface area contributed by atoms with Gasteiger partial charge >= 0.3 is 0 Å². The lowest BCUT2D eigenvalue weighted by atomic mass is 10.0. The Labute approximate surface area is 198 Å². The minimum atomic E-state index is -0.0964. The van der Waals surface area contributed by atoms with E-state index in [0.717, 1.165) is 42.3 Å². The number of rotatable bonds is 7. The minimum Gasteiger partial charge on any atom is -0.459 e. The molecule has 0 unspecified atom stereocenters. The summed E-state index contributed by atoms with van der Waals surface area (Å²) in [6.07, 6.45) is 2.79. The van der Waals surface area contributed by atoms with Crippen LogP contribution in [-0.4, -0.2) is 47.1 Å². The Morgan fingerprint density at radius 2 is 1.97 bits per heavy atom. The lowest BCUT2D eigenvalue weighted by molar-refractivity contribution is 0.261. The van der Waals surface area contributed by atoms with E-state index in [2.05, 4.69) is 34.2 Å². The van der Waals surface area contributed by atoms with Crippen molar-refractivity contribution in [1.82, 2.24) is 20.1 Å². The van der Waals surface area contributed by atoms with Gasteiger partial charge in [-0.3, -0.25) is 4.98 Å². The minimum absolute atomic E-state index is 0.0962. The van der Waals surface area contributed by atoms with Crippen molar-refractivity contribution in [1.29, 1.82) is 0 Å². The van der Waals surface area contributed by atoms with E-state index in [0.29, 0.717) is 15.2 Å². The second-order valence-electron chi connectivity index (χ2n) is 7.81. The number of aromatic nitrogens is 1.